The third kappa shape index (κ3) is 4.07. The molecule has 0 unspecified atom stereocenters. The summed E-state index contributed by atoms with van der Waals surface area (Å²) < 4.78 is 0. The third-order valence-electron chi connectivity index (χ3n) is 4.87. The molecule has 116 valence electrons. The van der Waals surface area contributed by atoms with Crippen LogP contribution >= 0.6 is 0 Å². The topological polar surface area (TPSA) is 55.1 Å². The Morgan fingerprint density at radius 1 is 1.19 bits per heavy atom. The first-order valence-electron chi connectivity index (χ1n) is 8.21. The van der Waals surface area contributed by atoms with E-state index in [2.05, 4.69) is 30.4 Å². The van der Waals surface area contributed by atoms with Crippen molar-refractivity contribution >= 4 is 5.91 Å². The van der Waals surface area contributed by atoms with Crippen LogP contribution in [0.5, 0.6) is 0 Å². The van der Waals surface area contributed by atoms with Gasteiger partial charge in [-0.05, 0) is 37.3 Å². The van der Waals surface area contributed by atoms with E-state index in [0.29, 0.717) is 13.1 Å². The zero-order chi connectivity index (χ0) is 15.1. The molecule has 21 heavy (non-hydrogen) atoms. The predicted molar refractivity (Wildman–Crippen MR) is 87.1 cm³/mol. The first kappa shape index (κ1) is 16.0. The Morgan fingerprint density at radius 2 is 1.86 bits per heavy atom. The van der Waals surface area contributed by atoms with Crippen molar-refractivity contribution in [3.05, 3.63) is 35.4 Å². The van der Waals surface area contributed by atoms with Crippen LogP contribution in [0.25, 0.3) is 0 Å². The van der Waals surface area contributed by atoms with Crippen LogP contribution in [0, 0.1) is 12.3 Å². The van der Waals surface area contributed by atoms with E-state index in [4.69, 9.17) is 5.73 Å². The number of rotatable bonds is 5. The summed E-state index contributed by atoms with van der Waals surface area (Å²) in [6.07, 6.45) is 7.50. The molecule has 0 heterocycles. The number of hydrogen-bond acceptors (Lipinski definition) is 2. The molecule has 1 fully saturated rings. The monoisotopic (exact) mass is 288 g/mol. The van der Waals surface area contributed by atoms with E-state index in [1.54, 1.807) is 0 Å². The first-order chi connectivity index (χ1) is 10.2. The van der Waals surface area contributed by atoms with Gasteiger partial charge in [0.05, 0.1) is 5.41 Å². The first-order valence-corrected chi connectivity index (χ1v) is 8.21. The van der Waals surface area contributed by atoms with Crippen LogP contribution in [0.4, 0.5) is 0 Å². The molecule has 1 aromatic carbocycles. The highest BCUT2D eigenvalue weighted by atomic mass is 16.2. The molecule has 0 aliphatic heterocycles. The average Bonchev–Trinajstić information content (AvgIpc) is 2.75. The van der Waals surface area contributed by atoms with Crippen molar-refractivity contribution in [2.45, 2.75) is 51.9 Å². The van der Waals surface area contributed by atoms with Gasteiger partial charge in [0.25, 0.3) is 0 Å². The second kappa shape index (κ2) is 7.60. The van der Waals surface area contributed by atoms with Gasteiger partial charge in [-0.2, -0.15) is 0 Å². The van der Waals surface area contributed by atoms with E-state index in [1.807, 2.05) is 6.07 Å². The van der Waals surface area contributed by atoms with Gasteiger partial charge in [0.15, 0.2) is 0 Å². The van der Waals surface area contributed by atoms with Crippen LogP contribution in [-0.4, -0.2) is 19.0 Å². The summed E-state index contributed by atoms with van der Waals surface area (Å²) in [6.45, 7) is 3.29. The maximum atomic E-state index is 12.6. The molecule has 0 spiro atoms. The second-order valence-electron chi connectivity index (χ2n) is 6.33. The minimum absolute atomic E-state index is 0.167. The molecule has 0 bridgehead atoms. The second-order valence-corrected chi connectivity index (χ2v) is 6.33. The molecule has 0 saturated heterocycles. The van der Waals surface area contributed by atoms with Crippen LogP contribution < -0.4 is 11.1 Å². The Labute approximate surface area is 128 Å². The standard InChI is InChI=1S/C18H28N2O/c1-15-8-4-5-9-16(15)10-13-20-17(21)18(14-19)11-6-2-3-7-12-18/h4-5,8-9H,2-3,6-7,10-14,19H2,1H3,(H,20,21). The molecular weight excluding hydrogens is 260 g/mol. The van der Waals surface area contributed by atoms with Crippen molar-refractivity contribution in [3.8, 4) is 0 Å². The Bertz CT molecular complexity index is 462. The Hall–Kier alpha value is -1.35. The summed E-state index contributed by atoms with van der Waals surface area (Å²) in [6, 6.07) is 8.35. The number of amides is 1. The summed E-state index contributed by atoms with van der Waals surface area (Å²) in [5.74, 6) is 0.167. The van der Waals surface area contributed by atoms with Crippen LogP contribution in [0.3, 0.4) is 0 Å². The molecule has 0 atom stereocenters. The van der Waals surface area contributed by atoms with Crippen LogP contribution in [0.2, 0.25) is 0 Å². The number of nitrogens with one attached hydrogen (secondary N) is 1. The molecular formula is C18H28N2O. The molecule has 3 N–H and O–H groups in total. The van der Waals surface area contributed by atoms with E-state index < -0.39 is 0 Å². The number of nitrogens with two attached hydrogens (primary N) is 1. The maximum absolute atomic E-state index is 12.6. The van der Waals surface area contributed by atoms with Gasteiger partial charge in [-0.1, -0.05) is 49.9 Å². The van der Waals surface area contributed by atoms with Crippen molar-refractivity contribution in [2.24, 2.45) is 11.1 Å². The van der Waals surface area contributed by atoms with Crippen molar-refractivity contribution in [3.63, 3.8) is 0 Å². The Kier molecular flexibility index (Phi) is 5.80. The van der Waals surface area contributed by atoms with Gasteiger partial charge in [-0.15, -0.1) is 0 Å². The minimum atomic E-state index is -0.317. The molecule has 2 rings (SSSR count). The molecule has 1 aliphatic carbocycles. The summed E-state index contributed by atoms with van der Waals surface area (Å²) >= 11 is 0. The van der Waals surface area contributed by atoms with Gasteiger partial charge in [-0.3, -0.25) is 4.79 Å². The smallest absolute Gasteiger partial charge is 0.227 e. The summed E-state index contributed by atoms with van der Waals surface area (Å²) in [4.78, 5) is 12.6. The SMILES string of the molecule is Cc1ccccc1CCNC(=O)C1(CN)CCCCCC1. The van der Waals surface area contributed by atoms with Crippen LogP contribution in [0.15, 0.2) is 24.3 Å². The lowest BCUT2D eigenvalue weighted by atomic mass is 9.79. The zero-order valence-electron chi connectivity index (χ0n) is 13.2. The molecule has 1 aromatic rings. The molecule has 1 aliphatic rings. The van der Waals surface area contributed by atoms with Crippen molar-refractivity contribution in [2.75, 3.05) is 13.1 Å². The van der Waals surface area contributed by atoms with Crippen molar-refractivity contribution in [1.29, 1.82) is 0 Å². The summed E-state index contributed by atoms with van der Waals surface area (Å²) in [7, 11) is 0. The number of aryl methyl sites for hydroxylation is 1. The van der Waals surface area contributed by atoms with Crippen LogP contribution in [0.1, 0.15) is 49.7 Å². The fraction of sp³-hybridized carbons (Fsp3) is 0.611. The predicted octanol–water partition coefficient (Wildman–Crippen LogP) is 2.95. The fourth-order valence-corrected chi connectivity index (χ4v) is 3.32. The summed E-state index contributed by atoms with van der Waals surface area (Å²) in [5, 5.41) is 3.13. The highest BCUT2D eigenvalue weighted by Crippen LogP contribution is 2.34. The maximum Gasteiger partial charge on any atom is 0.227 e. The number of benzene rings is 1. The van der Waals surface area contributed by atoms with Gasteiger partial charge < -0.3 is 11.1 Å². The Balaban J connectivity index is 1.89. The normalized spacial score (nSPS) is 18.0. The van der Waals surface area contributed by atoms with E-state index >= 15 is 0 Å². The Morgan fingerprint density at radius 3 is 2.48 bits per heavy atom. The van der Waals surface area contributed by atoms with Gasteiger partial charge in [-0.25, -0.2) is 0 Å². The van der Waals surface area contributed by atoms with E-state index in [1.165, 1.54) is 24.0 Å². The molecule has 1 amide bonds. The molecule has 3 heteroatoms. The third-order valence-corrected chi connectivity index (χ3v) is 4.87. The number of hydrogen-bond donors (Lipinski definition) is 2. The lowest BCUT2D eigenvalue weighted by Crippen LogP contribution is -2.46. The van der Waals surface area contributed by atoms with Gasteiger partial charge in [0.1, 0.15) is 0 Å². The fourth-order valence-electron chi connectivity index (χ4n) is 3.32. The highest BCUT2D eigenvalue weighted by molar-refractivity contribution is 5.82. The largest absolute Gasteiger partial charge is 0.355 e. The van der Waals surface area contributed by atoms with Gasteiger partial charge >= 0.3 is 0 Å². The van der Waals surface area contributed by atoms with Gasteiger partial charge in [0, 0.05) is 13.1 Å². The number of carbonyl (C=O) groups is 1. The van der Waals surface area contributed by atoms with E-state index in [9.17, 15) is 4.79 Å². The van der Waals surface area contributed by atoms with Crippen molar-refractivity contribution in [1.82, 2.24) is 5.32 Å². The molecule has 3 nitrogen and oxygen atoms in total. The lowest BCUT2D eigenvalue weighted by molar-refractivity contribution is -0.131. The molecule has 1 saturated carbocycles. The lowest BCUT2D eigenvalue weighted by Gasteiger charge is -2.29. The van der Waals surface area contributed by atoms with Gasteiger partial charge in [0.2, 0.25) is 5.91 Å². The van der Waals surface area contributed by atoms with E-state index in [0.717, 1.165) is 32.1 Å². The molecule has 0 aromatic heterocycles. The quantitative estimate of drug-likeness (QED) is 0.818. The summed E-state index contributed by atoms with van der Waals surface area (Å²) in [5.41, 5.74) is 8.23. The zero-order valence-corrected chi connectivity index (χ0v) is 13.2. The average molecular weight is 288 g/mol. The molecule has 0 radical (unpaired) electrons. The van der Waals surface area contributed by atoms with Crippen LogP contribution in [-0.2, 0) is 11.2 Å². The number of carbonyl (C=O) groups excluding carboxylic acids is 1. The minimum Gasteiger partial charge on any atom is -0.355 e. The highest BCUT2D eigenvalue weighted by Gasteiger charge is 2.36. The van der Waals surface area contributed by atoms with Crippen molar-refractivity contribution < 1.29 is 4.79 Å². The van der Waals surface area contributed by atoms with E-state index in [-0.39, 0.29) is 11.3 Å².